The van der Waals surface area contributed by atoms with E-state index >= 15 is 0 Å². The molecule has 0 bridgehead atoms. The van der Waals surface area contributed by atoms with Crippen LogP contribution in [0.25, 0.3) is 0 Å². The van der Waals surface area contributed by atoms with Crippen LogP contribution in [0.1, 0.15) is 5.56 Å². The van der Waals surface area contributed by atoms with Crippen LogP contribution in [0.4, 0.5) is 0 Å². The van der Waals surface area contributed by atoms with Crippen LogP contribution >= 0.6 is 11.6 Å². The summed E-state index contributed by atoms with van der Waals surface area (Å²) in [5, 5.41) is 9.43. The van der Waals surface area contributed by atoms with Crippen LogP contribution in [-0.4, -0.2) is 48.4 Å². The fourth-order valence-electron chi connectivity index (χ4n) is 1.39. The first-order valence-electron chi connectivity index (χ1n) is 5.19. The van der Waals surface area contributed by atoms with Gasteiger partial charge in [0.25, 0.3) is 0 Å². The number of hydrogen-bond acceptors (Lipinski definition) is 4. The van der Waals surface area contributed by atoms with Crippen molar-refractivity contribution < 1.29 is 9.84 Å². The van der Waals surface area contributed by atoms with Crippen LogP contribution in [0.2, 0.25) is 5.15 Å². The van der Waals surface area contributed by atoms with Gasteiger partial charge in [0, 0.05) is 32.9 Å². The molecule has 0 aliphatic carbocycles. The molecule has 0 aliphatic rings. The zero-order valence-electron chi connectivity index (χ0n) is 9.40. The maximum absolute atomic E-state index is 8.94. The molecule has 1 rings (SSSR count). The van der Waals surface area contributed by atoms with Gasteiger partial charge in [0.15, 0.2) is 0 Å². The van der Waals surface area contributed by atoms with Crippen molar-refractivity contribution in [3.05, 3.63) is 29.0 Å². The molecule has 0 amide bonds. The van der Waals surface area contributed by atoms with E-state index < -0.39 is 0 Å². The van der Waals surface area contributed by atoms with Gasteiger partial charge in [0.05, 0.1) is 13.2 Å². The van der Waals surface area contributed by atoms with E-state index in [0.717, 1.165) is 18.7 Å². The highest BCUT2D eigenvalue weighted by molar-refractivity contribution is 6.29. The maximum Gasteiger partial charge on any atom is 0.129 e. The topological polar surface area (TPSA) is 45.6 Å². The molecule has 0 atom stereocenters. The smallest absolute Gasteiger partial charge is 0.129 e. The van der Waals surface area contributed by atoms with Crippen molar-refractivity contribution in [2.45, 2.75) is 6.54 Å². The van der Waals surface area contributed by atoms with Gasteiger partial charge in [-0.15, -0.1) is 0 Å². The lowest BCUT2D eigenvalue weighted by Crippen LogP contribution is -2.29. The average Bonchev–Trinajstić information content (AvgIpc) is 2.29. The number of hydrogen-bond donors (Lipinski definition) is 1. The van der Waals surface area contributed by atoms with Crippen LogP contribution in [0.3, 0.4) is 0 Å². The van der Waals surface area contributed by atoms with Gasteiger partial charge in [-0.05, 0) is 11.6 Å². The molecule has 0 aliphatic heterocycles. The summed E-state index contributed by atoms with van der Waals surface area (Å²) in [7, 11) is 1.67. The molecule has 16 heavy (non-hydrogen) atoms. The van der Waals surface area contributed by atoms with Crippen LogP contribution in [-0.2, 0) is 11.3 Å². The zero-order valence-corrected chi connectivity index (χ0v) is 10.2. The van der Waals surface area contributed by atoms with Gasteiger partial charge in [0.1, 0.15) is 5.15 Å². The zero-order chi connectivity index (χ0) is 11.8. The van der Waals surface area contributed by atoms with Crippen LogP contribution in [0.15, 0.2) is 18.3 Å². The lowest BCUT2D eigenvalue weighted by molar-refractivity contribution is 0.127. The summed E-state index contributed by atoms with van der Waals surface area (Å²) in [5.41, 5.74) is 1.08. The Hall–Kier alpha value is -0.680. The average molecular weight is 245 g/mol. The largest absolute Gasteiger partial charge is 0.395 e. The lowest BCUT2D eigenvalue weighted by atomic mass is 10.2. The van der Waals surface area contributed by atoms with E-state index in [1.54, 1.807) is 19.4 Å². The fraction of sp³-hybridized carbons (Fsp3) is 0.545. The maximum atomic E-state index is 8.94. The molecule has 1 aromatic rings. The van der Waals surface area contributed by atoms with Crippen molar-refractivity contribution in [1.29, 1.82) is 0 Å². The first-order chi connectivity index (χ1) is 7.76. The van der Waals surface area contributed by atoms with E-state index in [4.69, 9.17) is 21.4 Å². The number of rotatable bonds is 7. The summed E-state index contributed by atoms with van der Waals surface area (Å²) in [4.78, 5) is 6.12. The molecule has 1 heterocycles. The lowest BCUT2D eigenvalue weighted by Gasteiger charge is -2.20. The standard InChI is InChI=1S/C11H17ClN2O2/c1-16-7-5-14(4-6-15)9-10-2-3-11(12)13-8-10/h2-3,8,15H,4-7,9H2,1H3. The molecule has 1 aromatic heterocycles. The summed E-state index contributed by atoms with van der Waals surface area (Å²) in [6.07, 6.45) is 1.75. The third kappa shape index (κ3) is 4.90. The Bertz CT molecular complexity index is 293. The van der Waals surface area contributed by atoms with Crippen molar-refractivity contribution in [3.8, 4) is 0 Å². The Balaban J connectivity index is 2.49. The van der Waals surface area contributed by atoms with Crippen LogP contribution < -0.4 is 0 Å². The van der Waals surface area contributed by atoms with Gasteiger partial charge in [0.2, 0.25) is 0 Å². The van der Waals surface area contributed by atoms with Crippen LogP contribution in [0, 0.1) is 0 Å². The minimum atomic E-state index is 0.144. The Morgan fingerprint density at radius 3 is 2.81 bits per heavy atom. The normalized spacial score (nSPS) is 11.0. The molecule has 0 fully saturated rings. The summed E-state index contributed by atoms with van der Waals surface area (Å²) in [6.45, 7) is 2.96. The molecule has 5 heteroatoms. The number of methoxy groups -OCH3 is 1. The van der Waals surface area contributed by atoms with E-state index in [9.17, 15) is 0 Å². The summed E-state index contributed by atoms with van der Waals surface area (Å²) >= 11 is 5.71. The highest BCUT2D eigenvalue weighted by Gasteiger charge is 2.05. The second-order valence-corrected chi connectivity index (χ2v) is 3.87. The summed E-state index contributed by atoms with van der Waals surface area (Å²) in [6, 6.07) is 3.71. The number of aliphatic hydroxyl groups is 1. The molecule has 0 spiro atoms. The molecule has 1 N–H and O–H groups in total. The third-order valence-electron chi connectivity index (χ3n) is 2.22. The monoisotopic (exact) mass is 244 g/mol. The quantitative estimate of drug-likeness (QED) is 0.732. The predicted octanol–water partition coefficient (Wildman–Crippen LogP) is 1.18. The van der Waals surface area contributed by atoms with Gasteiger partial charge in [-0.25, -0.2) is 4.98 Å². The summed E-state index contributed by atoms with van der Waals surface area (Å²) < 4.78 is 5.02. The molecule has 0 aromatic carbocycles. The molecular formula is C11H17ClN2O2. The Morgan fingerprint density at radius 1 is 1.44 bits per heavy atom. The Labute approximate surface area is 101 Å². The van der Waals surface area contributed by atoms with E-state index in [2.05, 4.69) is 9.88 Å². The van der Waals surface area contributed by atoms with Crippen molar-refractivity contribution in [2.75, 3.05) is 33.4 Å². The first kappa shape index (κ1) is 13.4. The number of ether oxygens (including phenoxy) is 1. The number of aliphatic hydroxyl groups excluding tert-OH is 1. The van der Waals surface area contributed by atoms with Crippen molar-refractivity contribution in [2.24, 2.45) is 0 Å². The van der Waals surface area contributed by atoms with E-state index in [1.807, 2.05) is 6.07 Å². The number of nitrogens with zero attached hydrogens (tertiary/aromatic N) is 2. The molecule has 0 saturated carbocycles. The molecule has 4 nitrogen and oxygen atoms in total. The number of halogens is 1. The molecule has 0 unspecified atom stereocenters. The highest BCUT2D eigenvalue weighted by atomic mass is 35.5. The SMILES string of the molecule is COCCN(CCO)Cc1ccc(Cl)nc1. The highest BCUT2D eigenvalue weighted by Crippen LogP contribution is 2.07. The molecule has 0 radical (unpaired) electrons. The van der Waals surface area contributed by atoms with Crippen LogP contribution in [0.5, 0.6) is 0 Å². The van der Waals surface area contributed by atoms with Crippen molar-refractivity contribution >= 4 is 11.6 Å². The van der Waals surface area contributed by atoms with Gasteiger partial charge in [-0.3, -0.25) is 4.90 Å². The van der Waals surface area contributed by atoms with Gasteiger partial charge in [-0.1, -0.05) is 17.7 Å². The molecule has 0 saturated heterocycles. The minimum Gasteiger partial charge on any atom is -0.395 e. The Kier molecular flexibility index (Phi) is 6.33. The number of aromatic nitrogens is 1. The van der Waals surface area contributed by atoms with E-state index in [-0.39, 0.29) is 6.61 Å². The second-order valence-electron chi connectivity index (χ2n) is 3.48. The van der Waals surface area contributed by atoms with Gasteiger partial charge >= 0.3 is 0 Å². The first-order valence-corrected chi connectivity index (χ1v) is 5.56. The van der Waals surface area contributed by atoms with Gasteiger partial charge in [-0.2, -0.15) is 0 Å². The van der Waals surface area contributed by atoms with E-state index in [0.29, 0.717) is 18.3 Å². The minimum absolute atomic E-state index is 0.144. The fourth-order valence-corrected chi connectivity index (χ4v) is 1.50. The Morgan fingerprint density at radius 2 is 2.25 bits per heavy atom. The van der Waals surface area contributed by atoms with E-state index in [1.165, 1.54) is 0 Å². The molecular weight excluding hydrogens is 228 g/mol. The van der Waals surface area contributed by atoms with Gasteiger partial charge < -0.3 is 9.84 Å². The third-order valence-corrected chi connectivity index (χ3v) is 2.45. The van der Waals surface area contributed by atoms with Crippen molar-refractivity contribution in [1.82, 2.24) is 9.88 Å². The second kappa shape index (κ2) is 7.57. The number of pyridine rings is 1. The van der Waals surface area contributed by atoms with Crippen molar-refractivity contribution in [3.63, 3.8) is 0 Å². The summed E-state index contributed by atoms with van der Waals surface area (Å²) in [5.74, 6) is 0. The molecule has 90 valence electrons. The predicted molar refractivity (Wildman–Crippen MR) is 63.5 cm³/mol.